The van der Waals surface area contributed by atoms with Gasteiger partial charge in [0.25, 0.3) is 0 Å². The lowest BCUT2D eigenvalue weighted by Gasteiger charge is -2.30. The van der Waals surface area contributed by atoms with Gasteiger partial charge in [-0.1, -0.05) is 282 Å². The van der Waals surface area contributed by atoms with Gasteiger partial charge in [0.1, 0.15) is 0 Å². The van der Waals surface area contributed by atoms with E-state index in [0.717, 1.165) is 45.3 Å². The zero-order valence-electron chi connectivity index (χ0n) is 54.1. The number of anilines is 6. The molecular formula is C92H72N2. The summed E-state index contributed by atoms with van der Waals surface area (Å²) in [4.78, 5) is 4.94. The molecule has 0 heterocycles. The Kier molecular flexibility index (Phi) is 14.4. The van der Waals surface area contributed by atoms with E-state index in [9.17, 15) is 0 Å². The van der Waals surface area contributed by atoms with E-state index in [2.05, 4.69) is 379 Å². The van der Waals surface area contributed by atoms with Crippen LogP contribution in [-0.4, -0.2) is 0 Å². The van der Waals surface area contributed by atoms with E-state index in [4.69, 9.17) is 0 Å². The second-order valence-electron chi connectivity index (χ2n) is 26.6. The molecule has 2 aliphatic rings. The van der Waals surface area contributed by atoms with Crippen LogP contribution in [0.2, 0.25) is 0 Å². The molecule has 0 spiro atoms. The lowest BCUT2D eigenvalue weighted by atomic mass is 9.81. The number of hydrogen-bond donors (Lipinski definition) is 0. The van der Waals surface area contributed by atoms with Crippen molar-refractivity contribution < 1.29 is 0 Å². The van der Waals surface area contributed by atoms with Gasteiger partial charge < -0.3 is 9.80 Å². The molecule has 2 aliphatic carbocycles. The third-order valence-corrected chi connectivity index (χ3v) is 20.2. The highest BCUT2D eigenvalue weighted by Crippen LogP contribution is 2.53. The Labute approximate surface area is 554 Å². The number of nitrogens with zero attached hydrogens (tertiary/aromatic N) is 2. The SMILES string of the molecule is Cc1cc(-c2ccc(N(c3ccc(-c4ccc(-c5ccccc5)cc4)cc3)c3ccccc3-c3ccc4c(c3)C(C)(C)c3ccccc3-4)c(C)c2)ccc1N(c1ccc(-c2ccc(-c3ccccc3)cc2)cc1)c1ccccc1-c1ccc2c(c1)C(C)(C)c1ccccc1-2. The van der Waals surface area contributed by atoms with Crippen LogP contribution in [0.15, 0.2) is 328 Å². The van der Waals surface area contributed by atoms with Crippen LogP contribution in [0.25, 0.3) is 100 Å². The monoisotopic (exact) mass is 1200 g/mol. The van der Waals surface area contributed by atoms with Gasteiger partial charge >= 0.3 is 0 Å². The minimum absolute atomic E-state index is 0.131. The normalized spacial score (nSPS) is 13.0. The van der Waals surface area contributed by atoms with Gasteiger partial charge in [-0.15, -0.1) is 0 Å². The summed E-state index contributed by atoms with van der Waals surface area (Å²) in [6.07, 6.45) is 0. The molecule has 450 valence electrons. The predicted octanol–water partition coefficient (Wildman–Crippen LogP) is 25.5. The van der Waals surface area contributed by atoms with E-state index in [-0.39, 0.29) is 10.8 Å². The summed E-state index contributed by atoms with van der Waals surface area (Å²) in [5, 5.41) is 0. The Morgan fingerprint density at radius 1 is 0.191 bits per heavy atom. The summed E-state index contributed by atoms with van der Waals surface area (Å²) in [6, 6.07) is 121. The largest absolute Gasteiger partial charge is 0.310 e. The van der Waals surface area contributed by atoms with E-state index in [1.807, 2.05) is 0 Å². The van der Waals surface area contributed by atoms with Crippen molar-refractivity contribution in [1.82, 2.24) is 0 Å². The maximum absolute atomic E-state index is 2.47. The lowest BCUT2D eigenvalue weighted by molar-refractivity contribution is 0.660. The summed E-state index contributed by atoms with van der Waals surface area (Å²) in [6.45, 7) is 14.0. The van der Waals surface area contributed by atoms with Crippen LogP contribution in [0.4, 0.5) is 34.1 Å². The quantitative estimate of drug-likeness (QED) is 0.114. The van der Waals surface area contributed by atoms with Crippen LogP contribution in [0, 0.1) is 13.8 Å². The highest BCUT2D eigenvalue weighted by Gasteiger charge is 2.37. The van der Waals surface area contributed by atoms with E-state index in [1.54, 1.807) is 0 Å². The maximum Gasteiger partial charge on any atom is 0.0540 e. The molecule has 2 heteroatoms. The van der Waals surface area contributed by atoms with Gasteiger partial charge in [0.05, 0.1) is 11.4 Å². The van der Waals surface area contributed by atoms with Crippen LogP contribution >= 0.6 is 0 Å². The molecule has 0 atom stereocenters. The van der Waals surface area contributed by atoms with Gasteiger partial charge in [0.15, 0.2) is 0 Å². The van der Waals surface area contributed by atoms with Crippen LogP contribution in [0.1, 0.15) is 61.1 Å². The number of rotatable bonds is 13. The van der Waals surface area contributed by atoms with Crippen LogP contribution < -0.4 is 9.80 Å². The van der Waals surface area contributed by atoms with E-state index in [1.165, 1.54) is 122 Å². The smallest absolute Gasteiger partial charge is 0.0540 e. The minimum atomic E-state index is -0.131. The number of benzene rings is 14. The molecule has 0 N–H and O–H groups in total. The molecule has 0 aliphatic heterocycles. The number of fused-ring (bicyclic) bond motifs is 6. The molecule has 14 aromatic carbocycles. The van der Waals surface area contributed by atoms with Crippen molar-refractivity contribution >= 4 is 34.1 Å². The van der Waals surface area contributed by atoms with Crippen molar-refractivity contribution in [3.05, 3.63) is 361 Å². The average Bonchev–Trinajstić information content (AvgIpc) is 1.52. The molecule has 0 fully saturated rings. The first kappa shape index (κ1) is 57.8. The van der Waals surface area contributed by atoms with Crippen molar-refractivity contribution in [2.24, 2.45) is 0 Å². The Morgan fingerprint density at radius 2 is 0.457 bits per heavy atom. The summed E-state index contributed by atoms with van der Waals surface area (Å²) in [5.41, 5.74) is 36.2. The molecule has 0 radical (unpaired) electrons. The third kappa shape index (κ3) is 10.1. The molecule has 0 aromatic heterocycles. The standard InChI is InChI=1S/C92H72N2/c1-61-57-71(47-55-87(61)93(75-49-41-69(42-50-75)67-37-33-65(34-38-67)63-21-9-7-10-22-63)89-31-19-15-25-77(89)73-45-53-81-79-27-13-17-29-83(79)91(3,4)85(81)59-73)72-48-56-88(62(2)58-72)94(76-51-43-70(44-52-76)68-39-35-66(36-40-68)64-23-11-8-12-24-64)90-32-20-16-26-78(90)74-46-54-82-80-28-14-18-30-84(80)92(5,6)86(82)60-74/h7-60H,1-6H3. The lowest BCUT2D eigenvalue weighted by Crippen LogP contribution is -2.15. The fourth-order valence-electron chi connectivity index (χ4n) is 15.1. The van der Waals surface area contributed by atoms with E-state index >= 15 is 0 Å². The van der Waals surface area contributed by atoms with Gasteiger partial charge in [-0.3, -0.25) is 0 Å². The highest BCUT2D eigenvalue weighted by atomic mass is 15.2. The maximum atomic E-state index is 2.47. The van der Waals surface area contributed by atoms with Gasteiger partial charge in [-0.25, -0.2) is 0 Å². The molecule has 94 heavy (non-hydrogen) atoms. The first-order valence-electron chi connectivity index (χ1n) is 33.0. The molecule has 0 unspecified atom stereocenters. The van der Waals surface area contributed by atoms with E-state index in [0.29, 0.717) is 0 Å². The predicted molar refractivity (Wildman–Crippen MR) is 398 cm³/mol. The second kappa shape index (κ2) is 23.4. The van der Waals surface area contributed by atoms with E-state index < -0.39 is 0 Å². The second-order valence-corrected chi connectivity index (χ2v) is 26.6. The Balaban J connectivity index is 0.776. The highest BCUT2D eigenvalue weighted by molar-refractivity contribution is 5.95. The fraction of sp³-hybridized carbons (Fsp3) is 0.0870. The zero-order valence-corrected chi connectivity index (χ0v) is 54.1. The van der Waals surface area contributed by atoms with Gasteiger partial charge in [-0.05, 0) is 209 Å². The van der Waals surface area contributed by atoms with Crippen molar-refractivity contribution in [2.45, 2.75) is 52.4 Å². The van der Waals surface area contributed by atoms with Crippen LogP contribution in [0.3, 0.4) is 0 Å². The summed E-state index contributed by atoms with van der Waals surface area (Å²) < 4.78 is 0. The summed E-state index contributed by atoms with van der Waals surface area (Å²) in [7, 11) is 0. The van der Waals surface area contributed by atoms with Crippen LogP contribution in [-0.2, 0) is 10.8 Å². The Bertz CT molecular complexity index is 4840. The molecular weight excluding hydrogens is 1130 g/mol. The molecule has 14 aromatic rings. The number of para-hydroxylation sites is 2. The molecule has 0 saturated carbocycles. The molecule has 0 saturated heterocycles. The van der Waals surface area contributed by atoms with Crippen molar-refractivity contribution in [3.8, 4) is 100 Å². The van der Waals surface area contributed by atoms with Gasteiger partial charge in [0, 0.05) is 44.7 Å². The van der Waals surface area contributed by atoms with Gasteiger partial charge in [0.2, 0.25) is 0 Å². The first-order valence-corrected chi connectivity index (χ1v) is 33.0. The molecule has 2 nitrogen and oxygen atoms in total. The first-order chi connectivity index (χ1) is 45.9. The van der Waals surface area contributed by atoms with Crippen molar-refractivity contribution in [1.29, 1.82) is 0 Å². The fourth-order valence-corrected chi connectivity index (χ4v) is 15.1. The summed E-state index contributed by atoms with van der Waals surface area (Å²) in [5.74, 6) is 0. The Morgan fingerprint density at radius 3 is 0.809 bits per heavy atom. The topological polar surface area (TPSA) is 6.48 Å². The number of hydrogen-bond acceptors (Lipinski definition) is 2. The average molecular weight is 1210 g/mol. The zero-order chi connectivity index (χ0) is 63.7. The molecule has 16 rings (SSSR count). The van der Waals surface area contributed by atoms with Crippen molar-refractivity contribution in [2.75, 3.05) is 9.80 Å². The molecule has 0 amide bonds. The van der Waals surface area contributed by atoms with Gasteiger partial charge in [-0.2, -0.15) is 0 Å². The van der Waals surface area contributed by atoms with Crippen molar-refractivity contribution in [3.63, 3.8) is 0 Å². The minimum Gasteiger partial charge on any atom is -0.310 e. The third-order valence-electron chi connectivity index (χ3n) is 20.2. The van der Waals surface area contributed by atoms with Crippen LogP contribution in [0.5, 0.6) is 0 Å². The number of aryl methyl sites for hydroxylation is 2. The Hall–Kier alpha value is -11.3. The summed E-state index contributed by atoms with van der Waals surface area (Å²) >= 11 is 0. The molecule has 0 bridgehead atoms.